The summed E-state index contributed by atoms with van der Waals surface area (Å²) in [6.45, 7) is 9.10. The van der Waals surface area contributed by atoms with Gasteiger partial charge in [-0.1, -0.05) is 13.8 Å². The highest BCUT2D eigenvalue weighted by molar-refractivity contribution is 5.61. The first-order chi connectivity index (χ1) is 9.49. The van der Waals surface area contributed by atoms with E-state index in [2.05, 4.69) is 23.8 Å². The molecule has 0 amide bonds. The van der Waals surface area contributed by atoms with Gasteiger partial charge in [0, 0.05) is 12.0 Å². The molecular formula is C16H25N3O. The van der Waals surface area contributed by atoms with Crippen LogP contribution in [0.4, 0.5) is 0 Å². The van der Waals surface area contributed by atoms with E-state index in [0.717, 1.165) is 41.4 Å². The van der Waals surface area contributed by atoms with Gasteiger partial charge in [0.1, 0.15) is 17.3 Å². The topological polar surface area (TPSA) is 67.8 Å². The van der Waals surface area contributed by atoms with Crippen LogP contribution in [0.15, 0.2) is 16.7 Å². The van der Waals surface area contributed by atoms with Crippen LogP contribution >= 0.6 is 0 Å². The highest BCUT2D eigenvalue weighted by atomic mass is 16.3. The Balaban J connectivity index is 2.10. The molecule has 2 aromatic rings. The predicted molar refractivity (Wildman–Crippen MR) is 81.5 cm³/mol. The summed E-state index contributed by atoms with van der Waals surface area (Å²) in [6, 6.07) is 2.04. The number of imidazole rings is 1. The Morgan fingerprint density at radius 1 is 1.35 bits per heavy atom. The van der Waals surface area contributed by atoms with Crippen molar-refractivity contribution in [1.82, 2.24) is 9.97 Å². The zero-order valence-corrected chi connectivity index (χ0v) is 12.9. The van der Waals surface area contributed by atoms with Crippen molar-refractivity contribution < 1.29 is 4.42 Å². The van der Waals surface area contributed by atoms with Crippen molar-refractivity contribution in [2.24, 2.45) is 17.6 Å². The van der Waals surface area contributed by atoms with E-state index in [4.69, 9.17) is 10.2 Å². The van der Waals surface area contributed by atoms with E-state index < -0.39 is 0 Å². The monoisotopic (exact) mass is 275 g/mol. The van der Waals surface area contributed by atoms with Crippen LogP contribution in [0.5, 0.6) is 0 Å². The maximum absolute atomic E-state index is 5.86. The maximum atomic E-state index is 5.86. The van der Waals surface area contributed by atoms with Crippen LogP contribution in [0.1, 0.15) is 37.6 Å². The van der Waals surface area contributed by atoms with E-state index in [9.17, 15) is 0 Å². The fourth-order valence-electron chi connectivity index (χ4n) is 2.70. The van der Waals surface area contributed by atoms with E-state index in [1.165, 1.54) is 0 Å². The summed E-state index contributed by atoms with van der Waals surface area (Å²) in [5.74, 6) is 4.01. The number of rotatable bonds is 6. The van der Waals surface area contributed by atoms with E-state index in [1.807, 2.05) is 26.1 Å². The molecule has 2 heterocycles. The second-order valence-electron chi connectivity index (χ2n) is 6.01. The largest absolute Gasteiger partial charge is 0.466 e. The third kappa shape index (κ3) is 3.51. The van der Waals surface area contributed by atoms with Gasteiger partial charge in [-0.15, -0.1) is 0 Å². The number of H-pyrrole nitrogens is 1. The number of aryl methyl sites for hydroxylation is 2. The van der Waals surface area contributed by atoms with Crippen LogP contribution in [0.3, 0.4) is 0 Å². The van der Waals surface area contributed by atoms with Crippen molar-refractivity contribution in [1.29, 1.82) is 0 Å². The Bertz CT molecular complexity index is 554. The Hall–Kier alpha value is -1.55. The summed E-state index contributed by atoms with van der Waals surface area (Å²) in [5.41, 5.74) is 7.97. The quantitative estimate of drug-likeness (QED) is 0.848. The minimum absolute atomic E-state index is 0.487. The maximum Gasteiger partial charge on any atom is 0.110 e. The molecule has 0 aliphatic rings. The Morgan fingerprint density at radius 3 is 2.65 bits per heavy atom. The van der Waals surface area contributed by atoms with Gasteiger partial charge >= 0.3 is 0 Å². The number of nitrogens with two attached hydrogens (primary N) is 1. The van der Waals surface area contributed by atoms with Crippen molar-refractivity contribution in [3.63, 3.8) is 0 Å². The molecule has 0 saturated heterocycles. The minimum Gasteiger partial charge on any atom is -0.466 e. The lowest BCUT2D eigenvalue weighted by Gasteiger charge is -2.15. The second kappa shape index (κ2) is 6.27. The SMILES string of the molecule is Cc1cc(-c2cnc(CC(CN)CC(C)C)[nH]2)c(C)o1. The lowest BCUT2D eigenvalue weighted by atomic mass is 9.94. The zero-order valence-electron chi connectivity index (χ0n) is 12.9. The molecule has 20 heavy (non-hydrogen) atoms. The van der Waals surface area contributed by atoms with Crippen molar-refractivity contribution in [2.75, 3.05) is 6.54 Å². The van der Waals surface area contributed by atoms with Gasteiger partial charge in [-0.25, -0.2) is 4.98 Å². The Morgan fingerprint density at radius 2 is 2.10 bits per heavy atom. The molecule has 0 radical (unpaired) electrons. The van der Waals surface area contributed by atoms with E-state index in [1.54, 1.807) is 0 Å². The van der Waals surface area contributed by atoms with Crippen molar-refractivity contribution >= 4 is 0 Å². The van der Waals surface area contributed by atoms with Gasteiger partial charge in [0.2, 0.25) is 0 Å². The zero-order chi connectivity index (χ0) is 14.7. The van der Waals surface area contributed by atoms with Gasteiger partial charge in [-0.05, 0) is 44.7 Å². The molecule has 4 heteroatoms. The van der Waals surface area contributed by atoms with E-state index in [0.29, 0.717) is 18.4 Å². The first kappa shape index (κ1) is 14.9. The molecule has 0 bridgehead atoms. The smallest absolute Gasteiger partial charge is 0.110 e. The van der Waals surface area contributed by atoms with E-state index >= 15 is 0 Å². The molecule has 0 fully saturated rings. The number of nitrogens with one attached hydrogen (secondary N) is 1. The van der Waals surface area contributed by atoms with Gasteiger partial charge in [0.25, 0.3) is 0 Å². The van der Waals surface area contributed by atoms with Gasteiger partial charge in [0.15, 0.2) is 0 Å². The van der Waals surface area contributed by atoms with Crippen LogP contribution in [0, 0.1) is 25.7 Å². The second-order valence-corrected chi connectivity index (χ2v) is 6.01. The van der Waals surface area contributed by atoms with Crippen LogP contribution < -0.4 is 5.73 Å². The van der Waals surface area contributed by atoms with Crippen LogP contribution in [-0.4, -0.2) is 16.5 Å². The van der Waals surface area contributed by atoms with Crippen molar-refractivity contribution in [3.8, 4) is 11.3 Å². The van der Waals surface area contributed by atoms with Crippen molar-refractivity contribution in [3.05, 3.63) is 29.6 Å². The number of aromatic amines is 1. The minimum atomic E-state index is 0.487. The van der Waals surface area contributed by atoms with Gasteiger partial charge < -0.3 is 15.1 Å². The molecule has 2 aromatic heterocycles. The molecule has 2 rings (SSSR count). The average molecular weight is 275 g/mol. The molecule has 3 N–H and O–H groups in total. The van der Waals surface area contributed by atoms with E-state index in [-0.39, 0.29) is 0 Å². The fourth-order valence-corrected chi connectivity index (χ4v) is 2.70. The fraction of sp³-hybridized carbons (Fsp3) is 0.562. The lowest BCUT2D eigenvalue weighted by molar-refractivity contribution is 0.409. The normalized spacial score (nSPS) is 13.1. The molecule has 0 aliphatic heterocycles. The molecule has 1 unspecified atom stereocenters. The summed E-state index contributed by atoms with van der Waals surface area (Å²) in [4.78, 5) is 7.88. The number of aromatic nitrogens is 2. The average Bonchev–Trinajstić information content (AvgIpc) is 2.94. The highest BCUT2D eigenvalue weighted by Crippen LogP contribution is 2.25. The number of nitrogens with zero attached hydrogens (tertiary/aromatic N) is 1. The standard InChI is InChI=1S/C16H25N3O/c1-10(2)5-13(8-17)7-16-18-9-15(19-16)14-6-11(3)20-12(14)4/h6,9-10,13H,5,7-8,17H2,1-4H3,(H,18,19). The van der Waals surface area contributed by atoms with Gasteiger partial charge in [0.05, 0.1) is 11.9 Å². The van der Waals surface area contributed by atoms with Crippen LogP contribution in [0.25, 0.3) is 11.3 Å². The molecule has 4 nitrogen and oxygen atoms in total. The molecule has 110 valence electrons. The molecule has 0 aliphatic carbocycles. The van der Waals surface area contributed by atoms with Crippen LogP contribution in [0.2, 0.25) is 0 Å². The Kier molecular flexibility index (Phi) is 4.65. The highest BCUT2D eigenvalue weighted by Gasteiger charge is 2.14. The summed E-state index contributed by atoms with van der Waals surface area (Å²) in [5, 5.41) is 0. The Labute approximate surface area is 120 Å². The predicted octanol–water partition coefficient (Wildman–Crippen LogP) is 3.45. The van der Waals surface area contributed by atoms with Crippen LogP contribution in [-0.2, 0) is 6.42 Å². The number of hydrogen-bond donors (Lipinski definition) is 2. The first-order valence-corrected chi connectivity index (χ1v) is 7.31. The number of hydrogen-bond acceptors (Lipinski definition) is 3. The molecule has 1 atom stereocenters. The van der Waals surface area contributed by atoms with Gasteiger partial charge in [-0.3, -0.25) is 0 Å². The molecule has 0 spiro atoms. The summed E-state index contributed by atoms with van der Waals surface area (Å²) in [7, 11) is 0. The third-order valence-electron chi connectivity index (χ3n) is 3.58. The van der Waals surface area contributed by atoms with Crippen molar-refractivity contribution in [2.45, 2.75) is 40.5 Å². The molecule has 0 saturated carbocycles. The third-order valence-corrected chi connectivity index (χ3v) is 3.58. The summed E-state index contributed by atoms with van der Waals surface area (Å²) in [6.07, 6.45) is 3.93. The molecule has 0 aromatic carbocycles. The summed E-state index contributed by atoms with van der Waals surface area (Å²) >= 11 is 0. The summed E-state index contributed by atoms with van der Waals surface area (Å²) < 4.78 is 5.57. The number of furan rings is 1. The molecular weight excluding hydrogens is 250 g/mol. The van der Waals surface area contributed by atoms with Gasteiger partial charge in [-0.2, -0.15) is 0 Å². The first-order valence-electron chi connectivity index (χ1n) is 7.31. The lowest BCUT2D eigenvalue weighted by Crippen LogP contribution is -2.19.